The third-order valence-electron chi connectivity index (χ3n) is 3.38. The number of carbonyl (C=O) groups excluding carboxylic acids is 1. The summed E-state index contributed by atoms with van der Waals surface area (Å²) in [6.07, 6.45) is 3.96. The normalized spacial score (nSPS) is 25.5. The first kappa shape index (κ1) is 10.9. The van der Waals surface area contributed by atoms with Crippen molar-refractivity contribution in [3.63, 3.8) is 0 Å². The highest BCUT2D eigenvalue weighted by atomic mass is 16.5. The SMILES string of the molecule is O=C(CC1(O)CCCC1)N1CCOCC1. The monoisotopic (exact) mass is 213 g/mol. The predicted octanol–water partition coefficient (Wildman–Crippen LogP) is 0.540. The molecule has 1 saturated heterocycles. The summed E-state index contributed by atoms with van der Waals surface area (Å²) in [5.74, 6) is 0.0858. The van der Waals surface area contributed by atoms with Gasteiger partial charge in [-0.3, -0.25) is 4.79 Å². The average Bonchev–Trinajstić information content (AvgIpc) is 2.66. The van der Waals surface area contributed by atoms with E-state index in [4.69, 9.17) is 4.74 Å². The Kier molecular flexibility index (Phi) is 3.26. The lowest BCUT2D eigenvalue weighted by atomic mass is 9.97. The van der Waals surface area contributed by atoms with Crippen molar-refractivity contribution < 1.29 is 14.6 Å². The second-order valence-corrected chi connectivity index (χ2v) is 4.60. The van der Waals surface area contributed by atoms with Gasteiger partial charge in [0.25, 0.3) is 0 Å². The summed E-state index contributed by atoms with van der Waals surface area (Å²) in [6.45, 7) is 2.61. The Morgan fingerprint density at radius 2 is 1.87 bits per heavy atom. The van der Waals surface area contributed by atoms with E-state index in [9.17, 15) is 9.90 Å². The van der Waals surface area contributed by atoms with Crippen LogP contribution in [0.4, 0.5) is 0 Å². The third-order valence-corrected chi connectivity index (χ3v) is 3.38. The number of hydrogen-bond donors (Lipinski definition) is 1. The van der Waals surface area contributed by atoms with Gasteiger partial charge in [0.15, 0.2) is 0 Å². The van der Waals surface area contributed by atoms with Crippen LogP contribution in [0.25, 0.3) is 0 Å². The molecule has 1 heterocycles. The molecule has 0 aromatic carbocycles. The van der Waals surface area contributed by atoms with Crippen molar-refractivity contribution in [2.24, 2.45) is 0 Å². The molecule has 4 nitrogen and oxygen atoms in total. The minimum atomic E-state index is -0.713. The second-order valence-electron chi connectivity index (χ2n) is 4.60. The highest BCUT2D eigenvalue weighted by Gasteiger charge is 2.35. The lowest BCUT2D eigenvalue weighted by Crippen LogP contribution is -2.44. The Morgan fingerprint density at radius 1 is 1.27 bits per heavy atom. The molecule has 0 unspecified atom stereocenters. The number of morpholine rings is 1. The van der Waals surface area contributed by atoms with E-state index in [2.05, 4.69) is 0 Å². The summed E-state index contributed by atoms with van der Waals surface area (Å²) in [5, 5.41) is 10.1. The molecule has 0 aromatic rings. The van der Waals surface area contributed by atoms with Crippen LogP contribution in [0.2, 0.25) is 0 Å². The largest absolute Gasteiger partial charge is 0.389 e. The van der Waals surface area contributed by atoms with E-state index in [1.807, 2.05) is 0 Å². The summed E-state index contributed by atoms with van der Waals surface area (Å²) >= 11 is 0. The standard InChI is InChI=1S/C11H19NO3/c13-10(12-5-7-15-8-6-12)9-11(14)3-1-2-4-11/h14H,1-9H2. The predicted molar refractivity (Wildman–Crippen MR) is 55.4 cm³/mol. The highest BCUT2D eigenvalue weighted by molar-refractivity contribution is 5.77. The molecule has 1 amide bonds. The van der Waals surface area contributed by atoms with Gasteiger partial charge in [-0.25, -0.2) is 0 Å². The topological polar surface area (TPSA) is 49.8 Å². The van der Waals surface area contributed by atoms with E-state index in [0.717, 1.165) is 25.7 Å². The molecule has 2 rings (SSSR count). The first-order valence-electron chi connectivity index (χ1n) is 5.78. The molecule has 15 heavy (non-hydrogen) atoms. The van der Waals surface area contributed by atoms with Crippen LogP contribution in [0.1, 0.15) is 32.1 Å². The lowest BCUT2D eigenvalue weighted by Gasteiger charge is -2.30. The van der Waals surface area contributed by atoms with Crippen LogP contribution in [0.5, 0.6) is 0 Å². The van der Waals surface area contributed by atoms with E-state index in [0.29, 0.717) is 32.7 Å². The summed E-state index contributed by atoms with van der Waals surface area (Å²) < 4.78 is 5.19. The van der Waals surface area contributed by atoms with Gasteiger partial charge in [-0.05, 0) is 12.8 Å². The van der Waals surface area contributed by atoms with Gasteiger partial charge in [0.05, 0.1) is 25.2 Å². The smallest absolute Gasteiger partial charge is 0.225 e. The molecule has 1 N–H and O–H groups in total. The first-order chi connectivity index (χ1) is 7.20. The van der Waals surface area contributed by atoms with Gasteiger partial charge in [-0.15, -0.1) is 0 Å². The maximum absolute atomic E-state index is 11.9. The van der Waals surface area contributed by atoms with Crippen molar-refractivity contribution in [2.75, 3.05) is 26.3 Å². The van der Waals surface area contributed by atoms with Crippen molar-refractivity contribution in [3.8, 4) is 0 Å². The second kappa shape index (κ2) is 4.49. The maximum Gasteiger partial charge on any atom is 0.225 e. The van der Waals surface area contributed by atoms with Gasteiger partial charge in [0.2, 0.25) is 5.91 Å². The number of ether oxygens (including phenoxy) is 1. The van der Waals surface area contributed by atoms with E-state index < -0.39 is 5.60 Å². The molecule has 2 aliphatic rings. The van der Waals surface area contributed by atoms with Crippen LogP contribution in [-0.4, -0.2) is 47.8 Å². The number of rotatable bonds is 2. The van der Waals surface area contributed by atoms with Crippen LogP contribution < -0.4 is 0 Å². The first-order valence-corrected chi connectivity index (χ1v) is 5.78. The van der Waals surface area contributed by atoms with E-state index >= 15 is 0 Å². The zero-order chi connectivity index (χ0) is 10.7. The number of aliphatic hydroxyl groups is 1. The molecule has 2 fully saturated rings. The number of nitrogens with zero attached hydrogens (tertiary/aromatic N) is 1. The molecular formula is C11H19NO3. The fraction of sp³-hybridized carbons (Fsp3) is 0.909. The minimum absolute atomic E-state index is 0.0858. The Labute approximate surface area is 90.2 Å². The van der Waals surface area contributed by atoms with Gasteiger partial charge in [-0.1, -0.05) is 12.8 Å². The van der Waals surface area contributed by atoms with E-state index in [-0.39, 0.29) is 5.91 Å². The maximum atomic E-state index is 11.9. The number of hydrogen-bond acceptors (Lipinski definition) is 3. The molecule has 4 heteroatoms. The number of carbonyl (C=O) groups is 1. The van der Waals surface area contributed by atoms with Crippen molar-refractivity contribution in [1.29, 1.82) is 0 Å². The average molecular weight is 213 g/mol. The summed E-state index contributed by atoms with van der Waals surface area (Å²) in [6, 6.07) is 0. The quantitative estimate of drug-likeness (QED) is 0.728. The van der Waals surface area contributed by atoms with E-state index in [1.54, 1.807) is 4.90 Å². The molecule has 0 radical (unpaired) electrons. The molecule has 86 valence electrons. The molecular weight excluding hydrogens is 194 g/mol. The number of amides is 1. The van der Waals surface area contributed by atoms with Gasteiger partial charge < -0.3 is 14.7 Å². The van der Waals surface area contributed by atoms with Gasteiger partial charge in [-0.2, -0.15) is 0 Å². The summed E-state index contributed by atoms with van der Waals surface area (Å²) in [4.78, 5) is 13.7. The molecule has 0 atom stereocenters. The zero-order valence-electron chi connectivity index (χ0n) is 9.07. The molecule has 1 aliphatic carbocycles. The van der Waals surface area contributed by atoms with Crippen molar-refractivity contribution in [3.05, 3.63) is 0 Å². The Hall–Kier alpha value is -0.610. The Morgan fingerprint density at radius 3 is 2.47 bits per heavy atom. The Bertz CT molecular complexity index is 230. The van der Waals surface area contributed by atoms with Crippen LogP contribution in [0.15, 0.2) is 0 Å². The summed E-state index contributed by atoms with van der Waals surface area (Å²) in [5.41, 5.74) is -0.713. The molecule has 0 spiro atoms. The van der Waals surface area contributed by atoms with Gasteiger partial charge in [0, 0.05) is 13.1 Å². The zero-order valence-corrected chi connectivity index (χ0v) is 9.07. The summed E-state index contributed by atoms with van der Waals surface area (Å²) in [7, 11) is 0. The van der Waals surface area contributed by atoms with Gasteiger partial charge in [0.1, 0.15) is 0 Å². The van der Waals surface area contributed by atoms with E-state index in [1.165, 1.54) is 0 Å². The van der Waals surface area contributed by atoms with Crippen LogP contribution >= 0.6 is 0 Å². The molecule has 1 aliphatic heterocycles. The third kappa shape index (κ3) is 2.69. The lowest BCUT2D eigenvalue weighted by molar-refractivity contribution is -0.140. The van der Waals surface area contributed by atoms with Crippen molar-refractivity contribution in [1.82, 2.24) is 4.90 Å². The van der Waals surface area contributed by atoms with Crippen LogP contribution in [0, 0.1) is 0 Å². The van der Waals surface area contributed by atoms with Crippen molar-refractivity contribution in [2.45, 2.75) is 37.7 Å². The minimum Gasteiger partial charge on any atom is -0.389 e. The molecule has 0 bridgehead atoms. The molecule has 1 saturated carbocycles. The van der Waals surface area contributed by atoms with Gasteiger partial charge >= 0.3 is 0 Å². The van der Waals surface area contributed by atoms with Crippen LogP contribution in [-0.2, 0) is 9.53 Å². The molecule has 0 aromatic heterocycles. The fourth-order valence-electron chi connectivity index (χ4n) is 2.42. The van der Waals surface area contributed by atoms with Crippen LogP contribution in [0.3, 0.4) is 0 Å². The Balaban J connectivity index is 1.85. The van der Waals surface area contributed by atoms with Crippen molar-refractivity contribution >= 4 is 5.91 Å². The highest BCUT2D eigenvalue weighted by Crippen LogP contribution is 2.32. The fourth-order valence-corrected chi connectivity index (χ4v) is 2.42.